The van der Waals surface area contributed by atoms with Gasteiger partial charge in [-0.3, -0.25) is 5.84 Å². The van der Waals surface area contributed by atoms with Crippen LogP contribution in [0.1, 0.15) is 17.3 Å². The van der Waals surface area contributed by atoms with E-state index in [-0.39, 0.29) is 0 Å². The van der Waals surface area contributed by atoms with Gasteiger partial charge in [0.05, 0.1) is 23.5 Å². The van der Waals surface area contributed by atoms with Crippen molar-refractivity contribution in [2.24, 2.45) is 5.84 Å². The Bertz CT molecular complexity index is 339. The third-order valence-electron chi connectivity index (χ3n) is 1.76. The van der Waals surface area contributed by atoms with Gasteiger partial charge in [0.15, 0.2) is 0 Å². The first-order valence-electron chi connectivity index (χ1n) is 4.23. The van der Waals surface area contributed by atoms with Gasteiger partial charge < -0.3 is 15.9 Å². The van der Waals surface area contributed by atoms with Crippen LogP contribution in [0.4, 0.5) is 11.4 Å². The summed E-state index contributed by atoms with van der Waals surface area (Å²) in [5.41, 5.74) is 9.21. The molecular formula is C9H13N3O2. The number of carbonyl (C=O) groups excluding carboxylic acids is 1. The lowest BCUT2D eigenvalue weighted by Gasteiger charge is -2.08. The van der Waals surface area contributed by atoms with Crippen LogP contribution in [-0.4, -0.2) is 12.6 Å². The molecule has 0 unspecified atom stereocenters. The van der Waals surface area contributed by atoms with Gasteiger partial charge in [-0.05, 0) is 19.1 Å². The Morgan fingerprint density at radius 3 is 2.86 bits per heavy atom. The van der Waals surface area contributed by atoms with Crippen molar-refractivity contribution in [2.45, 2.75) is 6.92 Å². The highest BCUT2D eigenvalue weighted by Crippen LogP contribution is 2.22. The number of benzene rings is 1. The predicted octanol–water partition coefficient (Wildman–Crippen LogP) is 0.731. The fraction of sp³-hybridized carbons (Fsp3) is 0.222. The van der Waals surface area contributed by atoms with Crippen molar-refractivity contribution < 1.29 is 9.53 Å². The number of carbonyl (C=O) groups is 1. The highest BCUT2D eigenvalue weighted by Gasteiger charge is 2.12. The predicted molar refractivity (Wildman–Crippen MR) is 54.6 cm³/mol. The summed E-state index contributed by atoms with van der Waals surface area (Å²) >= 11 is 0. The molecule has 0 aromatic heterocycles. The van der Waals surface area contributed by atoms with E-state index in [9.17, 15) is 4.79 Å². The molecule has 0 saturated carbocycles. The molecule has 0 atom stereocenters. The molecule has 5 heteroatoms. The zero-order chi connectivity index (χ0) is 10.6. The van der Waals surface area contributed by atoms with Gasteiger partial charge in [-0.1, -0.05) is 6.07 Å². The molecule has 0 bridgehead atoms. The Balaban J connectivity index is 3.03. The van der Waals surface area contributed by atoms with Crippen molar-refractivity contribution in [2.75, 3.05) is 17.8 Å². The topological polar surface area (TPSA) is 90.4 Å². The van der Waals surface area contributed by atoms with E-state index in [0.29, 0.717) is 23.5 Å². The van der Waals surface area contributed by atoms with Gasteiger partial charge in [0.1, 0.15) is 0 Å². The maximum Gasteiger partial charge on any atom is 0.340 e. The molecule has 0 fully saturated rings. The Hall–Kier alpha value is -1.75. The zero-order valence-electron chi connectivity index (χ0n) is 7.91. The molecule has 0 heterocycles. The second-order valence-electron chi connectivity index (χ2n) is 2.63. The maximum absolute atomic E-state index is 11.4. The lowest BCUT2D eigenvalue weighted by Crippen LogP contribution is -2.13. The Morgan fingerprint density at radius 2 is 2.29 bits per heavy atom. The molecule has 5 nitrogen and oxygen atoms in total. The largest absolute Gasteiger partial charge is 0.462 e. The van der Waals surface area contributed by atoms with Crippen LogP contribution >= 0.6 is 0 Å². The van der Waals surface area contributed by atoms with Crippen molar-refractivity contribution in [1.82, 2.24) is 0 Å². The van der Waals surface area contributed by atoms with Gasteiger partial charge in [-0.25, -0.2) is 4.79 Å². The average molecular weight is 195 g/mol. The number of nitrogen functional groups attached to an aromatic ring is 2. The van der Waals surface area contributed by atoms with E-state index in [1.807, 2.05) is 0 Å². The molecule has 14 heavy (non-hydrogen) atoms. The van der Waals surface area contributed by atoms with Crippen LogP contribution in [0.5, 0.6) is 0 Å². The number of ether oxygens (including phenoxy) is 1. The van der Waals surface area contributed by atoms with Gasteiger partial charge in [-0.15, -0.1) is 0 Å². The fourth-order valence-electron chi connectivity index (χ4n) is 1.08. The smallest absolute Gasteiger partial charge is 0.340 e. The number of hydrazine groups is 1. The van der Waals surface area contributed by atoms with Gasteiger partial charge in [-0.2, -0.15) is 0 Å². The van der Waals surface area contributed by atoms with Crippen LogP contribution < -0.4 is 17.0 Å². The summed E-state index contributed by atoms with van der Waals surface area (Å²) < 4.78 is 4.82. The number of hydrogen-bond acceptors (Lipinski definition) is 5. The third-order valence-corrected chi connectivity index (χ3v) is 1.76. The summed E-state index contributed by atoms with van der Waals surface area (Å²) in [6.45, 7) is 2.05. The van der Waals surface area contributed by atoms with E-state index in [2.05, 4.69) is 5.43 Å². The second-order valence-corrected chi connectivity index (χ2v) is 2.63. The fourth-order valence-corrected chi connectivity index (χ4v) is 1.08. The highest BCUT2D eigenvalue weighted by atomic mass is 16.5. The van der Waals surface area contributed by atoms with Crippen molar-refractivity contribution in [3.05, 3.63) is 23.8 Å². The van der Waals surface area contributed by atoms with E-state index >= 15 is 0 Å². The summed E-state index contributed by atoms with van der Waals surface area (Å²) in [7, 11) is 0. The molecule has 0 aliphatic heterocycles. The van der Waals surface area contributed by atoms with E-state index in [1.54, 1.807) is 25.1 Å². The Kier molecular flexibility index (Phi) is 3.30. The van der Waals surface area contributed by atoms with Gasteiger partial charge in [0.25, 0.3) is 0 Å². The van der Waals surface area contributed by atoms with Crippen LogP contribution in [0.2, 0.25) is 0 Å². The number of para-hydroxylation sites is 1. The number of rotatable bonds is 3. The molecule has 0 radical (unpaired) electrons. The van der Waals surface area contributed by atoms with E-state index < -0.39 is 5.97 Å². The molecule has 1 aromatic carbocycles. The van der Waals surface area contributed by atoms with Gasteiger partial charge >= 0.3 is 5.97 Å². The quantitative estimate of drug-likeness (QED) is 0.286. The van der Waals surface area contributed by atoms with E-state index in [4.69, 9.17) is 16.3 Å². The molecule has 5 N–H and O–H groups in total. The number of hydrogen-bond donors (Lipinski definition) is 3. The Morgan fingerprint density at radius 1 is 1.57 bits per heavy atom. The van der Waals surface area contributed by atoms with Crippen LogP contribution in [0.25, 0.3) is 0 Å². The Labute approximate surface area is 82.0 Å². The maximum atomic E-state index is 11.4. The van der Waals surface area contributed by atoms with Crippen LogP contribution in [0, 0.1) is 0 Å². The molecule has 0 aliphatic rings. The molecule has 76 valence electrons. The minimum atomic E-state index is -0.443. The highest BCUT2D eigenvalue weighted by molar-refractivity contribution is 5.98. The third kappa shape index (κ3) is 1.94. The lowest BCUT2D eigenvalue weighted by atomic mass is 10.1. The number of anilines is 2. The lowest BCUT2D eigenvalue weighted by molar-refractivity contribution is 0.0527. The summed E-state index contributed by atoms with van der Waals surface area (Å²) in [4.78, 5) is 11.4. The van der Waals surface area contributed by atoms with Crippen molar-refractivity contribution in [3.8, 4) is 0 Å². The molecule has 0 saturated heterocycles. The van der Waals surface area contributed by atoms with Crippen molar-refractivity contribution >= 4 is 17.3 Å². The van der Waals surface area contributed by atoms with Crippen molar-refractivity contribution in [1.29, 1.82) is 0 Å². The van der Waals surface area contributed by atoms with Gasteiger partial charge in [0.2, 0.25) is 0 Å². The van der Waals surface area contributed by atoms with Crippen LogP contribution in [0.3, 0.4) is 0 Å². The van der Waals surface area contributed by atoms with Crippen LogP contribution in [0.15, 0.2) is 18.2 Å². The van der Waals surface area contributed by atoms with Crippen molar-refractivity contribution in [3.63, 3.8) is 0 Å². The minimum absolute atomic E-state index is 0.299. The molecular weight excluding hydrogens is 182 g/mol. The van der Waals surface area contributed by atoms with E-state index in [1.165, 1.54) is 0 Å². The summed E-state index contributed by atoms with van der Waals surface area (Å²) in [6.07, 6.45) is 0. The average Bonchev–Trinajstić information content (AvgIpc) is 2.18. The monoisotopic (exact) mass is 195 g/mol. The minimum Gasteiger partial charge on any atom is -0.462 e. The number of nitrogens with two attached hydrogens (primary N) is 2. The first-order valence-corrected chi connectivity index (χ1v) is 4.23. The molecule has 1 aromatic rings. The van der Waals surface area contributed by atoms with Gasteiger partial charge in [0, 0.05) is 0 Å². The summed E-state index contributed by atoms with van der Waals surface area (Å²) in [5.74, 6) is 4.77. The molecule has 0 amide bonds. The van der Waals surface area contributed by atoms with Crippen LogP contribution in [-0.2, 0) is 4.74 Å². The van der Waals surface area contributed by atoms with E-state index in [0.717, 1.165) is 0 Å². The second kappa shape index (κ2) is 4.48. The zero-order valence-corrected chi connectivity index (χ0v) is 7.91. The number of nitrogens with one attached hydrogen (secondary N) is 1. The first-order chi connectivity index (χ1) is 6.70. The molecule has 0 aliphatic carbocycles. The summed E-state index contributed by atoms with van der Waals surface area (Å²) in [6, 6.07) is 4.95. The summed E-state index contributed by atoms with van der Waals surface area (Å²) in [5, 5.41) is 0. The number of esters is 1. The standard InChI is InChI=1S/C9H13N3O2/c1-2-14-9(13)6-4-3-5-7(12-11)8(6)10/h3-5,12H,2,10-11H2,1H3. The first kappa shape index (κ1) is 10.3. The molecule has 1 rings (SSSR count). The SMILES string of the molecule is CCOC(=O)c1cccc(NN)c1N. The normalized spacial score (nSPS) is 9.57. The molecule has 0 spiro atoms.